The molecule has 6 heteroatoms. The molecule has 1 aliphatic rings. The van der Waals surface area contributed by atoms with Crippen molar-refractivity contribution in [3.05, 3.63) is 52.7 Å². The predicted octanol–water partition coefficient (Wildman–Crippen LogP) is 5.07. The fraction of sp³-hybridized carbons (Fsp3) is 0.381. The standard InChI is InChI=1S/C21H24N2O3S/c1-14-16(22-21(26-14)20-7-5-11-27-20)13-23-10-4-6-17(23)15-8-9-18(24-2)19(12-15)25-3/h5,7-9,11-12,17H,4,6,10,13H2,1-3H3. The normalized spacial score (nSPS) is 17.4. The summed E-state index contributed by atoms with van der Waals surface area (Å²) in [6.45, 7) is 3.85. The van der Waals surface area contributed by atoms with E-state index in [0.717, 1.165) is 53.2 Å². The Labute approximate surface area is 163 Å². The molecule has 0 spiro atoms. The van der Waals surface area contributed by atoms with E-state index in [4.69, 9.17) is 18.9 Å². The van der Waals surface area contributed by atoms with Gasteiger partial charge in [0.05, 0.1) is 24.8 Å². The van der Waals surface area contributed by atoms with Crippen LogP contribution in [0.15, 0.2) is 40.1 Å². The van der Waals surface area contributed by atoms with Crippen LogP contribution >= 0.6 is 11.3 Å². The number of oxazole rings is 1. The molecule has 1 saturated heterocycles. The Morgan fingerprint density at radius 3 is 2.81 bits per heavy atom. The largest absolute Gasteiger partial charge is 0.493 e. The monoisotopic (exact) mass is 384 g/mol. The number of aryl methyl sites for hydroxylation is 1. The highest BCUT2D eigenvalue weighted by atomic mass is 32.1. The summed E-state index contributed by atoms with van der Waals surface area (Å²) >= 11 is 1.65. The van der Waals surface area contributed by atoms with Crippen molar-refractivity contribution >= 4 is 11.3 Å². The Kier molecular flexibility index (Phi) is 5.18. The van der Waals surface area contributed by atoms with Gasteiger partial charge >= 0.3 is 0 Å². The van der Waals surface area contributed by atoms with Gasteiger partial charge in [-0.15, -0.1) is 11.3 Å². The van der Waals surface area contributed by atoms with Crippen molar-refractivity contribution in [1.82, 2.24) is 9.88 Å². The number of rotatable bonds is 6. The molecule has 3 heterocycles. The molecule has 2 aromatic heterocycles. The van der Waals surface area contributed by atoms with Crippen molar-refractivity contribution in [3.63, 3.8) is 0 Å². The van der Waals surface area contributed by atoms with E-state index in [2.05, 4.69) is 17.0 Å². The van der Waals surface area contributed by atoms with Crippen LogP contribution in [0.5, 0.6) is 11.5 Å². The lowest BCUT2D eigenvalue weighted by molar-refractivity contribution is 0.243. The first-order chi connectivity index (χ1) is 13.2. The Hall–Kier alpha value is -2.31. The molecular weight excluding hydrogens is 360 g/mol. The number of ether oxygens (including phenoxy) is 2. The first kappa shape index (κ1) is 18.1. The van der Waals surface area contributed by atoms with Gasteiger partial charge in [-0.25, -0.2) is 4.98 Å². The van der Waals surface area contributed by atoms with Gasteiger partial charge in [0.25, 0.3) is 0 Å². The van der Waals surface area contributed by atoms with E-state index in [9.17, 15) is 0 Å². The van der Waals surface area contributed by atoms with Crippen molar-refractivity contribution in [2.75, 3.05) is 20.8 Å². The van der Waals surface area contributed by atoms with Crippen molar-refractivity contribution < 1.29 is 13.9 Å². The highest BCUT2D eigenvalue weighted by Gasteiger charge is 2.28. The number of thiophene rings is 1. The van der Waals surface area contributed by atoms with Gasteiger partial charge < -0.3 is 13.9 Å². The van der Waals surface area contributed by atoms with Crippen LogP contribution in [-0.2, 0) is 6.54 Å². The third-order valence-electron chi connectivity index (χ3n) is 5.13. The number of nitrogens with zero attached hydrogens (tertiary/aromatic N) is 2. The van der Waals surface area contributed by atoms with Crippen molar-refractivity contribution in [2.24, 2.45) is 0 Å². The van der Waals surface area contributed by atoms with E-state index >= 15 is 0 Å². The van der Waals surface area contributed by atoms with Crippen molar-refractivity contribution in [3.8, 4) is 22.3 Å². The molecule has 27 heavy (non-hydrogen) atoms. The van der Waals surface area contributed by atoms with Crippen LogP contribution in [0.4, 0.5) is 0 Å². The van der Waals surface area contributed by atoms with Crippen LogP contribution in [0, 0.1) is 6.92 Å². The summed E-state index contributed by atoms with van der Waals surface area (Å²) < 4.78 is 16.8. The van der Waals surface area contributed by atoms with Gasteiger partial charge in [0.2, 0.25) is 5.89 Å². The second-order valence-electron chi connectivity index (χ2n) is 6.74. The molecule has 0 N–H and O–H groups in total. The molecule has 1 fully saturated rings. The second kappa shape index (κ2) is 7.74. The maximum absolute atomic E-state index is 5.91. The summed E-state index contributed by atoms with van der Waals surface area (Å²) in [5.74, 6) is 3.16. The molecule has 0 aliphatic carbocycles. The average Bonchev–Trinajstić information content (AvgIpc) is 3.43. The molecule has 142 valence electrons. The minimum absolute atomic E-state index is 0.353. The zero-order chi connectivity index (χ0) is 18.8. The Morgan fingerprint density at radius 2 is 2.07 bits per heavy atom. The third-order valence-corrected chi connectivity index (χ3v) is 5.99. The summed E-state index contributed by atoms with van der Waals surface area (Å²) in [5.41, 5.74) is 2.27. The lowest BCUT2D eigenvalue weighted by atomic mass is 10.0. The van der Waals surface area contributed by atoms with Gasteiger partial charge in [-0.1, -0.05) is 12.1 Å². The lowest BCUT2D eigenvalue weighted by Gasteiger charge is -2.24. The first-order valence-electron chi connectivity index (χ1n) is 9.15. The average molecular weight is 385 g/mol. The zero-order valence-corrected chi connectivity index (χ0v) is 16.7. The van der Waals surface area contributed by atoms with Crippen LogP contribution in [0.25, 0.3) is 10.8 Å². The molecule has 5 nitrogen and oxygen atoms in total. The van der Waals surface area contributed by atoms with Crippen LogP contribution in [0.2, 0.25) is 0 Å². The van der Waals surface area contributed by atoms with Crippen molar-refractivity contribution in [2.45, 2.75) is 32.4 Å². The Balaban J connectivity index is 1.56. The van der Waals surface area contributed by atoms with E-state index in [1.165, 1.54) is 12.0 Å². The highest BCUT2D eigenvalue weighted by molar-refractivity contribution is 7.13. The van der Waals surface area contributed by atoms with E-state index in [-0.39, 0.29) is 0 Å². The van der Waals surface area contributed by atoms with E-state index in [1.54, 1.807) is 25.6 Å². The fourth-order valence-corrected chi connectivity index (χ4v) is 4.37. The molecule has 3 aromatic rings. The second-order valence-corrected chi connectivity index (χ2v) is 7.69. The van der Waals surface area contributed by atoms with Gasteiger partial charge in [0, 0.05) is 12.6 Å². The quantitative estimate of drug-likeness (QED) is 0.594. The number of methoxy groups -OCH3 is 2. The summed E-state index contributed by atoms with van der Waals surface area (Å²) in [6, 6.07) is 10.6. The van der Waals surface area contributed by atoms with E-state index in [1.807, 2.05) is 30.5 Å². The summed E-state index contributed by atoms with van der Waals surface area (Å²) in [5, 5.41) is 2.04. The maximum atomic E-state index is 5.91. The van der Waals surface area contributed by atoms with Crippen LogP contribution < -0.4 is 9.47 Å². The summed E-state index contributed by atoms with van der Waals surface area (Å²) in [7, 11) is 3.34. The number of likely N-dealkylation sites (tertiary alicyclic amines) is 1. The summed E-state index contributed by atoms with van der Waals surface area (Å²) in [4.78, 5) is 8.31. The molecule has 0 saturated carbocycles. The minimum Gasteiger partial charge on any atom is -0.493 e. The Bertz CT molecular complexity index is 904. The van der Waals surface area contributed by atoms with Gasteiger partial charge in [-0.3, -0.25) is 4.90 Å². The maximum Gasteiger partial charge on any atom is 0.236 e. The zero-order valence-electron chi connectivity index (χ0n) is 15.9. The highest BCUT2D eigenvalue weighted by Crippen LogP contribution is 2.38. The fourth-order valence-electron chi connectivity index (χ4n) is 3.73. The molecule has 0 amide bonds. The van der Waals surface area contributed by atoms with Crippen LogP contribution in [-0.4, -0.2) is 30.6 Å². The molecule has 1 aliphatic heterocycles. The minimum atomic E-state index is 0.353. The first-order valence-corrected chi connectivity index (χ1v) is 10.0. The molecule has 1 unspecified atom stereocenters. The predicted molar refractivity (Wildman–Crippen MR) is 106 cm³/mol. The molecule has 1 aromatic carbocycles. The SMILES string of the molecule is COc1ccc(C2CCCN2Cc2nc(-c3cccs3)oc2C)cc1OC. The van der Waals surface area contributed by atoms with Crippen molar-refractivity contribution in [1.29, 1.82) is 0 Å². The van der Waals surface area contributed by atoms with E-state index in [0.29, 0.717) is 6.04 Å². The van der Waals surface area contributed by atoms with Gasteiger partial charge in [0.1, 0.15) is 5.76 Å². The van der Waals surface area contributed by atoms with Gasteiger partial charge in [-0.05, 0) is 55.5 Å². The van der Waals surface area contributed by atoms with Crippen LogP contribution in [0.1, 0.15) is 35.9 Å². The number of aromatic nitrogens is 1. The molecule has 0 radical (unpaired) electrons. The topological polar surface area (TPSA) is 47.7 Å². The third kappa shape index (κ3) is 3.59. The smallest absolute Gasteiger partial charge is 0.236 e. The number of benzene rings is 1. The lowest BCUT2D eigenvalue weighted by Crippen LogP contribution is -2.23. The number of hydrogen-bond acceptors (Lipinski definition) is 6. The Morgan fingerprint density at radius 1 is 1.22 bits per heavy atom. The van der Waals surface area contributed by atoms with Gasteiger partial charge in [-0.2, -0.15) is 0 Å². The molecule has 0 bridgehead atoms. The molecule has 4 rings (SSSR count). The summed E-state index contributed by atoms with van der Waals surface area (Å²) in [6.07, 6.45) is 2.30. The molecular formula is C21H24N2O3S. The van der Waals surface area contributed by atoms with Crippen LogP contribution in [0.3, 0.4) is 0 Å². The number of hydrogen-bond donors (Lipinski definition) is 0. The molecule has 1 atom stereocenters. The van der Waals surface area contributed by atoms with E-state index < -0.39 is 0 Å². The van der Waals surface area contributed by atoms with Gasteiger partial charge in [0.15, 0.2) is 11.5 Å².